The molecule has 1 aromatic carbocycles. The average molecular weight is 278 g/mol. The maximum absolute atomic E-state index is 11.8. The Hall–Kier alpha value is -1.75. The van der Waals surface area contributed by atoms with Crippen molar-refractivity contribution in [1.82, 2.24) is 10.2 Å². The van der Waals surface area contributed by atoms with E-state index in [1.54, 1.807) is 19.0 Å². The van der Waals surface area contributed by atoms with Crippen molar-refractivity contribution in [2.24, 2.45) is 0 Å². The molecule has 1 unspecified atom stereocenters. The van der Waals surface area contributed by atoms with Crippen molar-refractivity contribution in [1.29, 1.82) is 0 Å². The van der Waals surface area contributed by atoms with E-state index in [0.717, 1.165) is 23.5 Å². The first kappa shape index (κ1) is 14.7. The van der Waals surface area contributed by atoms with Crippen LogP contribution in [0.1, 0.15) is 18.9 Å². The zero-order valence-corrected chi connectivity index (χ0v) is 12.3. The largest absolute Gasteiger partial charge is 0.490 e. The van der Waals surface area contributed by atoms with Crippen LogP contribution in [0.3, 0.4) is 0 Å². The lowest BCUT2D eigenvalue weighted by molar-refractivity contribution is -0.130. The summed E-state index contributed by atoms with van der Waals surface area (Å²) in [7, 11) is 3.51. The maximum atomic E-state index is 11.8. The molecule has 5 heteroatoms. The molecule has 0 aromatic heterocycles. The van der Waals surface area contributed by atoms with Crippen LogP contribution >= 0.6 is 0 Å². The SMILES string of the molecule is CC(NCc1cccc2c1OCCCO2)C(=O)N(C)C. The van der Waals surface area contributed by atoms with Gasteiger partial charge >= 0.3 is 0 Å². The number of ether oxygens (including phenoxy) is 2. The molecule has 1 atom stereocenters. The summed E-state index contributed by atoms with van der Waals surface area (Å²) >= 11 is 0. The fourth-order valence-corrected chi connectivity index (χ4v) is 2.13. The average Bonchev–Trinajstić information content (AvgIpc) is 2.69. The number of carbonyl (C=O) groups excluding carboxylic acids is 1. The first-order valence-corrected chi connectivity index (χ1v) is 6.91. The molecule has 0 spiro atoms. The molecule has 0 aliphatic carbocycles. The molecule has 1 aliphatic rings. The van der Waals surface area contributed by atoms with E-state index in [2.05, 4.69) is 5.32 Å². The summed E-state index contributed by atoms with van der Waals surface area (Å²) in [4.78, 5) is 13.4. The first-order chi connectivity index (χ1) is 9.59. The number of likely N-dealkylation sites (N-methyl/N-ethyl adjacent to an activating group) is 1. The fraction of sp³-hybridized carbons (Fsp3) is 0.533. The summed E-state index contributed by atoms with van der Waals surface area (Å²) in [5.74, 6) is 1.64. The van der Waals surface area contributed by atoms with Crippen molar-refractivity contribution in [2.75, 3.05) is 27.3 Å². The highest BCUT2D eigenvalue weighted by molar-refractivity contribution is 5.80. The molecule has 20 heavy (non-hydrogen) atoms. The minimum Gasteiger partial charge on any atom is -0.490 e. The summed E-state index contributed by atoms with van der Waals surface area (Å²) in [5, 5.41) is 3.22. The monoisotopic (exact) mass is 278 g/mol. The third-order valence-corrected chi connectivity index (χ3v) is 3.26. The number of fused-ring (bicyclic) bond motifs is 1. The van der Waals surface area contributed by atoms with Crippen LogP contribution < -0.4 is 14.8 Å². The van der Waals surface area contributed by atoms with Gasteiger partial charge in [-0.25, -0.2) is 0 Å². The molecule has 110 valence electrons. The number of hydrogen-bond donors (Lipinski definition) is 1. The van der Waals surface area contributed by atoms with Gasteiger partial charge in [-0.15, -0.1) is 0 Å². The number of nitrogens with one attached hydrogen (secondary N) is 1. The number of hydrogen-bond acceptors (Lipinski definition) is 4. The predicted octanol–water partition coefficient (Wildman–Crippen LogP) is 1.41. The smallest absolute Gasteiger partial charge is 0.238 e. The van der Waals surface area contributed by atoms with Gasteiger partial charge in [-0.3, -0.25) is 4.79 Å². The Balaban J connectivity index is 2.05. The molecule has 1 amide bonds. The second-order valence-corrected chi connectivity index (χ2v) is 5.13. The highest BCUT2D eigenvalue weighted by Crippen LogP contribution is 2.33. The Labute approximate surface area is 119 Å². The Morgan fingerprint density at radius 1 is 1.35 bits per heavy atom. The highest BCUT2D eigenvalue weighted by atomic mass is 16.5. The summed E-state index contributed by atoms with van der Waals surface area (Å²) in [6.07, 6.45) is 0.886. The van der Waals surface area contributed by atoms with Gasteiger partial charge in [0, 0.05) is 32.6 Å². The van der Waals surface area contributed by atoms with Crippen LogP contribution in [0.25, 0.3) is 0 Å². The van der Waals surface area contributed by atoms with Crippen LogP contribution in [0.15, 0.2) is 18.2 Å². The predicted molar refractivity (Wildman–Crippen MR) is 77.0 cm³/mol. The summed E-state index contributed by atoms with van der Waals surface area (Å²) in [6.45, 7) is 3.78. The van der Waals surface area contributed by atoms with Crippen molar-refractivity contribution in [3.8, 4) is 11.5 Å². The molecule has 1 N–H and O–H groups in total. The quantitative estimate of drug-likeness (QED) is 0.905. The number of rotatable bonds is 4. The first-order valence-electron chi connectivity index (χ1n) is 6.91. The molecule has 0 bridgehead atoms. The Kier molecular flexibility index (Phi) is 4.84. The van der Waals surface area contributed by atoms with Gasteiger partial charge in [0.1, 0.15) is 0 Å². The van der Waals surface area contributed by atoms with Gasteiger partial charge < -0.3 is 19.7 Å². The lowest BCUT2D eigenvalue weighted by Crippen LogP contribution is -2.41. The normalized spacial score (nSPS) is 15.3. The molecule has 0 saturated carbocycles. The van der Waals surface area contributed by atoms with Crippen molar-refractivity contribution < 1.29 is 14.3 Å². The van der Waals surface area contributed by atoms with Gasteiger partial charge in [0.05, 0.1) is 19.3 Å². The minimum atomic E-state index is -0.229. The van der Waals surface area contributed by atoms with E-state index >= 15 is 0 Å². The number of nitrogens with zero attached hydrogens (tertiary/aromatic N) is 1. The molecular formula is C15H22N2O3. The molecule has 0 fully saturated rings. The lowest BCUT2D eigenvalue weighted by atomic mass is 10.1. The van der Waals surface area contributed by atoms with E-state index < -0.39 is 0 Å². The fourth-order valence-electron chi connectivity index (χ4n) is 2.13. The minimum absolute atomic E-state index is 0.0594. The maximum Gasteiger partial charge on any atom is 0.238 e. The molecule has 2 rings (SSSR count). The van der Waals surface area contributed by atoms with Crippen molar-refractivity contribution in [3.05, 3.63) is 23.8 Å². The summed E-state index contributed by atoms with van der Waals surface area (Å²) in [6, 6.07) is 5.63. The molecular weight excluding hydrogens is 256 g/mol. The van der Waals surface area contributed by atoms with Crippen LogP contribution in [0, 0.1) is 0 Å². The molecule has 1 aromatic rings. The Morgan fingerprint density at radius 2 is 2.10 bits per heavy atom. The summed E-state index contributed by atoms with van der Waals surface area (Å²) in [5.41, 5.74) is 1.02. The van der Waals surface area contributed by atoms with Gasteiger partial charge in [-0.2, -0.15) is 0 Å². The van der Waals surface area contributed by atoms with E-state index in [1.165, 1.54) is 0 Å². The van der Waals surface area contributed by atoms with Gasteiger partial charge in [-0.05, 0) is 13.0 Å². The van der Waals surface area contributed by atoms with E-state index in [0.29, 0.717) is 19.8 Å². The molecule has 5 nitrogen and oxygen atoms in total. The van der Waals surface area contributed by atoms with Crippen LogP contribution in [0.2, 0.25) is 0 Å². The van der Waals surface area contributed by atoms with Crippen molar-refractivity contribution in [2.45, 2.75) is 25.9 Å². The zero-order chi connectivity index (χ0) is 14.5. The topological polar surface area (TPSA) is 50.8 Å². The Bertz CT molecular complexity index is 474. The second-order valence-electron chi connectivity index (χ2n) is 5.13. The van der Waals surface area contributed by atoms with Crippen LogP contribution in [0.4, 0.5) is 0 Å². The third kappa shape index (κ3) is 3.42. The third-order valence-electron chi connectivity index (χ3n) is 3.26. The standard InChI is InChI=1S/C15H22N2O3/c1-11(15(18)17(2)3)16-10-12-6-4-7-13-14(12)20-9-5-8-19-13/h4,6-7,11,16H,5,8-10H2,1-3H3. The molecule has 1 heterocycles. The van der Waals surface area contributed by atoms with Crippen LogP contribution in [-0.4, -0.2) is 44.2 Å². The van der Waals surface area contributed by atoms with Gasteiger partial charge in [0.15, 0.2) is 11.5 Å². The van der Waals surface area contributed by atoms with E-state index in [9.17, 15) is 4.79 Å². The number of para-hydroxylation sites is 1. The highest BCUT2D eigenvalue weighted by Gasteiger charge is 2.17. The second kappa shape index (κ2) is 6.61. The van der Waals surface area contributed by atoms with Crippen LogP contribution in [0.5, 0.6) is 11.5 Å². The Morgan fingerprint density at radius 3 is 2.85 bits per heavy atom. The van der Waals surface area contributed by atoms with E-state index in [-0.39, 0.29) is 11.9 Å². The van der Waals surface area contributed by atoms with Crippen molar-refractivity contribution in [3.63, 3.8) is 0 Å². The molecule has 0 saturated heterocycles. The van der Waals surface area contributed by atoms with E-state index in [4.69, 9.17) is 9.47 Å². The molecule has 0 radical (unpaired) electrons. The molecule has 1 aliphatic heterocycles. The zero-order valence-electron chi connectivity index (χ0n) is 12.3. The van der Waals surface area contributed by atoms with Crippen molar-refractivity contribution >= 4 is 5.91 Å². The van der Waals surface area contributed by atoms with Gasteiger partial charge in [-0.1, -0.05) is 12.1 Å². The lowest BCUT2D eigenvalue weighted by Gasteiger charge is -2.19. The van der Waals surface area contributed by atoms with Gasteiger partial charge in [0.2, 0.25) is 5.91 Å². The number of amides is 1. The van der Waals surface area contributed by atoms with E-state index in [1.807, 2.05) is 25.1 Å². The number of benzene rings is 1. The summed E-state index contributed by atoms with van der Waals surface area (Å²) < 4.78 is 11.4. The number of carbonyl (C=O) groups is 1. The van der Waals surface area contributed by atoms with Gasteiger partial charge in [0.25, 0.3) is 0 Å². The van der Waals surface area contributed by atoms with Crippen LogP contribution in [-0.2, 0) is 11.3 Å².